The Hall–Kier alpha value is -3.71. The van der Waals surface area contributed by atoms with Crippen molar-refractivity contribution in [1.29, 1.82) is 0 Å². The van der Waals surface area contributed by atoms with Crippen molar-refractivity contribution in [2.75, 3.05) is 19.5 Å². The first-order valence-electron chi connectivity index (χ1n) is 11.1. The molecule has 172 valence electrons. The average Bonchev–Trinajstić information content (AvgIpc) is 3.44. The van der Waals surface area contributed by atoms with E-state index in [1.165, 1.54) is 18.4 Å². The van der Waals surface area contributed by atoms with Crippen molar-refractivity contribution in [3.63, 3.8) is 0 Å². The van der Waals surface area contributed by atoms with Gasteiger partial charge in [0.1, 0.15) is 10.8 Å². The summed E-state index contributed by atoms with van der Waals surface area (Å²) in [5, 5.41) is 4.34. The number of carbonyl (C=O) groups is 2. The molecule has 0 bridgehead atoms. The number of nitrogens with zero attached hydrogens (tertiary/aromatic N) is 1. The normalized spacial score (nSPS) is 12.4. The van der Waals surface area contributed by atoms with Crippen LogP contribution < -0.4 is 10.1 Å². The number of thiophene rings is 1. The van der Waals surface area contributed by atoms with Gasteiger partial charge in [-0.1, -0.05) is 18.2 Å². The van der Waals surface area contributed by atoms with E-state index in [0.29, 0.717) is 16.1 Å². The molecule has 34 heavy (non-hydrogen) atoms. The summed E-state index contributed by atoms with van der Waals surface area (Å²) >= 11 is 1.47. The number of fused-ring (bicyclic) bond motifs is 2. The van der Waals surface area contributed by atoms with Crippen LogP contribution in [0.3, 0.4) is 0 Å². The summed E-state index contributed by atoms with van der Waals surface area (Å²) in [7, 11) is 2.99. The lowest BCUT2D eigenvalue weighted by atomic mass is 9.97. The van der Waals surface area contributed by atoms with E-state index in [1.807, 2.05) is 55.5 Å². The van der Waals surface area contributed by atoms with E-state index in [1.54, 1.807) is 7.11 Å². The summed E-state index contributed by atoms with van der Waals surface area (Å²) in [4.78, 5) is 32.3. The predicted molar refractivity (Wildman–Crippen MR) is 134 cm³/mol. The third-order valence-electron chi connectivity index (χ3n) is 6.26. The molecule has 0 spiro atoms. The molecule has 6 nitrogen and oxygen atoms in total. The van der Waals surface area contributed by atoms with Crippen LogP contribution in [0.4, 0.5) is 5.00 Å². The molecule has 0 fully saturated rings. The summed E-state index contributed by atoms with van der Waals surface area (Å²) in [6, 6.07) is 15.2. The molecule has 4 aromatic rings. The molecule has 0 radical (unpaired) electrons. The Morgan fingerprint density at radius 2 is 1.76 bits per heavy atom. The standard InChI is InChI=1S/C27H24N2O4S/c1-15-22(25(30)29-26-23(27(31)33-3)19-8-6-10-21(19)34-26)18-7-4-5-9-20(18)28-24(15)16-11-13-17(32-2)14-12-16/h4-5,7,9,11-14H,6,8,10H2,1-3H3,(H,29,30). The van der Waals surface area contributed by atoms with Gasteiger partial charge < -0.3 is 14.8 Å². The van der Waals surface area contributed by atoms with Crippen molar-refractivity contribution in [2.45, 2.75) is 26.2 Å². The summed E-state index contributed by atoms with van der Waals surface area (Å²) in [5.41, 5.74) is 5.15. The van der Waals surface area contributed by atoms with Gasteiger partial charge in [-0.25, -0.2) is 9.78 Å². The number of rotatable bonds is 5. The SMILES string of the molecule is COC(=O)c1c(NC(=O)c2c(C)c(-c3ccc(OC)cc3)nc3ccccc23)sc2c1CCC2. The number of para-hydroxylation sites is 1. The van der Waals surface area contributed by atoms with Crippen molar-refractivity contribution in [1.82, 2.24) is 4.98 Å². The lowest BCUT2D eigenvalue weighted by Gasteiger charge is -2.15. The number of aryl methyl sites for hydroxylation is 1. The van der Waals surface area contributed by atoms with Crippen LogP contribution in [0.2, 0.25) is 0 Å². The molecule has 2 aromatic carbocycles. The highest BCUT2D eigenvalue weighted by Gasteiger charge is 2.29. The van der Waals surface area contributed by atoms with Gasteiger partial charge in [-0.05, 0) is 67.6 Å². The van der Waals surface area contributed by atoms with E-state index < -0.39 is 5.97 Å². The number of pyridine rings is 1. The number of aromatic nitrogens is 1. The molecular weight excluding hydrogens is 448 g/mol. The third kappa shape index (κ3) is 3.72. The molecule has 1 aliphatic carbocycles. The summed E-state index contributed by atoms with van der Waals surface area (Å²) in [6.07, 6.45) is 2.75. The van der Waals surface area contributed by atoms with Crippen LogP contribution in [0.15, 0.2) is 48.5 Å². The molecule has 0 saturated heterocycles. The van der Waals surface area contributed by atoms with Crippen LogP contribution in [-0.2, 0) is 17.6 Å². The highest BCUT2D eigenvalue weighted by atomic mass is 32.1. The van der Waals surface area contributed by atoms with E-state index in [9.17, 15) is 9.59 Å². The van der Waals surface area contributed by atoms with Crippen molar-refractivity contribution in [2.24, 2.45) is 0 Å². The number of amides is 1. The maximum atomic E-state index is 13.7. The second-order valence-corrected chi connectivity index (χ2v) is 9.32. The van der Waals surface area contributed by atoms with Gasteiger partial charge in [-0.15, -0.1) is 11.3 Å². The Labute approximate surface area is 201 Å². The van der Waals surface area contributed by atoms with E-state index in [4.69, 9.17) is 14.5 Å². The van der Waals surface area contributed by atoms with Crippen LogP contribution in [0.25, 0.3) is 22.2 Å². The van der Waals surface area contributed by atoms with E-state index in [2.05, 4.69) is 5.32 Å². The topological polar surface area (TPSA) is 77.5 Å². The molecule has 0 saturated carbocycles. The largest absolute Gasteiger partial charge is 0.497 e. The molecule has 2 heterocycles. The average molecular weight is 473 g/mol. The molecule has 0 unspecified atom stereocenters. The summed E-state index contributed by atoms with van der Waals surface area (Å²) in [6.45, 7) is 1.91. The van der Waals surface area contributed by atoms with Gasteiger partial charge in [0.05, 0.1) is 36.6 Å². The van der Waals surface area contributed by atoms with Gasteiger partial charge >= 0.3 is 5.97 Å². The molecular formula is C27H24N2O4S. The van der Waals surface area contributed by atoms with Gasteiger partial charge in [0.2, 0.25) is 0 Å². The molecule has 1 N–H and O–H groups in total. The minimum absolute atomic E-state index is 0.268. The van der Waals surface area contributed by atoms with Gasteiger partial charge in [-0.2, -0.15) is 0 Å². The minimum atomic E-state index is -0.412. The number of hydrogen-bond donors (Lipinski definition) is 1. The molecule has 5 rings (SSSR count). The highest BCUT2D eigenvalue weighted by molar-refractivity contribution is 7.17. The van der Waals surface area contributed by atoms with Crippen LogP contribution in [-0.4, -0.2) is 31.1 Å². The number of esters is 1. The maximum Gasteiger partial charge on any atom is 0.341 e. The van der Waals surface area contributed by atoms with Gasteiger partial charge in [0, 0.05) is 15.8 Å². The number of benzene rings is 2. The van der Waals surface area contributed by atoms with Crippen molar-refractivity contribution in [3.8, 4) is 17.0 Å². The molecule has 1 aliphatic rings. The zero-order valence-corrected chi connectivity index (χ0v) is 20.0. The van der Waals surface area contributed by atoms with Crippen LogP contribution in [0.1, 0.15) is 43.1 Å². The van der Waals surface area contributed by atoms with E-state index >= 15 is 0 Å². The fourth-order valence-corrected chi connectivity index (χ4v) is 5.88. The zero-order valence-electron chi connectivity index (χ0n) is 19.2. The number of anilines is 1. The fraction of sp³-hybridized carbons (Fsp3) is 0.222. The minimum Gasteiger partial charge on any atom is -0.497 e. The first-order valence-corrected chi connectivity index (χ1v) is 11.9. The maximum absolute atomic E-state index is 13.7. The Morgan fingerprint density at radius 3 is 2.50 bits per heavy atom. The molecule has 2 aromatic heterocycles. The first-order chi connectivity index (χ1) is 16.5. The molecule has 0 atom stereocenters. The number of hydrogen-bond acceptors (Lipinski definition) is 6. The van der Waals surface area contributed by atoms with E-state index in [-0.39, 0.29) is 5.91 Å². The van der Waals surface area contributed by atoms with Crippen LogP contribution >= 0.6 is 11.3 Å². The number of ether oxygens (including phenoxy) is 2. The van der Waals surface area contributed by atoms with Crippen LogP contribution in [0.5, 0.6) is 5.75 Å². The smallest absolute Gasteiger partial charge is 0.341 e. The van der Waals surface area contributed by atoms with Crippen molar-refractivity contribution in [3.05, 3.63) is 75.7 Å². The number of methoxy groups -OCH3 is 2. The first kappa shape index (κ1) is 22.1. The Kier molecular flexibility index (Phi) is 5.79. The number of carbonyl (C=O) groups excluding carboxylic acids is 2. The second-order valence-electron chi connectivity index (χ2n) is 8.21. The summed E-state index contributed by atoms with van der Waals surface area (Å²) in [5.74, 6) is 0.0714. The van der Waals surface area contributed by atoms with Gasteiger partial charge in [0.25, 0.3) is 5.91 Å². The molecule has 1 amide bonds. The van der Waals surface area contributed by atoms with Gasteiger partial charge in [-0.3, -0.25) is 4.79 Å². The second kappa shape index (κ2) is 8.91. The fourth-order valence-electron chi connectivity index (χ4n) is 4.61. The third-order valence-corrected chi connectivity index (χ3v) is 7.47. The monoisotopic (exact) mass is 472 g/mol. The summed E-state index contributed by atoms with van der Waals surface area (Å²) < 4.78 is 10.3. The highest BCUT2D eigenvalue weighted by Crippen LogP contribution is 2.40. The van der Waals surface area contributed by atoms with Crippen molar-refractivity contribution >= 4 is 39.1 Å². The Bertz CT molecular complexity index is 1420. The quantitative estimate of drug-likeness (QED) is 0.371. The zero-order chi connectivity index (χ0) is 23.8. The Balaban J connectivity index is 1.62. The molecule has 0 aliphatic heterocycles. The lowest BCUT2D eigenvalue weighted by Crippen LogP contribution is -2.17. The molecule has 7 heteroatoms. The predicted octanol–water partition coefficient (Wildman–Crippen LogP) is 5.81. The lowest BCUT2D eigenvalue weighted by molar-refractivity contribution is 0.0601. The number of nitrogens with one attached hydrogen (secondary N) is 1. The van der Waals surface area contributed by atoms with Crippen LogP contribution in [0, 0.1) is 6.92 Å². The van der Waals surface area contributed by atoms with Crippen molar-refractivity contribution < 1.29 is 19.1 Å². The van der Waals surface area contributed by atoms with E-state index in [0.717, 1.165) is 63.2 Å². The van der Waals surface area contributed by atoms with Gasteiger partial charge in [0.15, 0.2) is 0 Å². The Morgan fingerprint density at radius 1 is 1.00 bits per heavy atom.